The smallest absolute Gasteiger partial charge is 0.124 e. The number of hydrogen-bond donors (Lipinski definition) is 0. The van der Waals surface area contributed by atoms with E-state index in [0.717, 1.165) is 12.7 Å². The second kappa shape index (κ2) is 2.97. The Labute approximate surface area is 96.9 Å². The molecule has 1 fully saturated rings. The Morgan fingerprint density at radius 3 is 2.69 bits per heavy atom. The zero-order chi connectivity index (χ0) is 11.5. The summed E-state index contributed by atoms with van der Waals surface area (Å²) < 4.78 is 0. The number of benzene rings is 1. The van der Waals surface area contributed by atoms with E-state index in [2.05, 4.69) is 39.0 Å². The monoisotopic (exact) mass is 214 g/mol. The summed E-state index contributed by atoms with van der Waals surface area (Å²) in [4.78, 5) is 10.9. The van der Waals surface area contributed by atoms with Crippen LogP contribution in [0.1, 0.15) is 43.4 Å². The maximum absolute atomic E-state index is 10.9. The molecule has 0 aromatic heterocycles. The number of carbonyl (C=O) groups excluding carboxylic acids is 1. The SMILES string of the molecule is CC(C)(C)c1ccc2c(c1)[C@H]1[C@@H](C=O)[C@H]1C2. The van der Waals surface area contributed by atoms with Gasteiger partial charge in [-0.25, -0.2) is 0 Å². The van der Waals surface area contributed by atoms with Gasteiger partial charge in [0.25, 0.3) is 0 Å². The van der Waals surface area contributed by atoms with Crippen molar-refractivity contribution in [1.29, 1.82) is 0 Å². The van der Waals surface area contributed by atoms with Crippen LogP contribution in [0.4, 0.5) is 0 Å². The van der Waals surface area contributed by atoms with Gasteiger partial charge in [-0.1, -0.05) is 39.0 Å². The Balaban J connectivity index is 2.01. The fraction of sp³-hybridized carbons (Fsp3) is 0.533. The van der Waals surface area contributed by atoms with Crippen molar-refractivity contribution in [1.82, 2.24) is 0 Å². The summed E-state index contributed by atoms with van der Waals surface area (Å²) in [5.74, 6) is 1.50. The maximum Gasteiger partial charge on any atom is 0.124 e. The van der Waals surface area contributed by atoms with Gasteiger partial charge in [-0.05, 0) is 40.4 Å². The maximum atomic E-state index is 10.9. The lowest BCUT2D eigenvalue weighted by molar-refractivity contribution is -0.109. The minimum absolute atomic E-state index is 0.207. The lowest BCUT2D eigenvalue weighted by atomic mass is 9.84. The topological polar surface area (TPSA) is 17.1 Å². The molecule has 0 spiro atoms. The van der Waals surface area contributed by atoms with Crippen molar-refractivity contribution in [2.45, 2.75) is 38.5 Å². The fourth-order valence-corrected chi connectivity index (χ4v) is 3.10. The molecule has 0 amide bonds. The summed E-state index contributed by atoms with van der Waals surface area (Å²) in [5, 5.41) is 0. The largest absolute Gasteiger partial charge is 0.303 e. The second-order valence-corrected chi connectivity index (χ2v) is 6.27. The van der Waals surface area contributed by atoms with Crippen LogP contribution < -0.4 is 0 Å². The van der Waals surface area contributed by atoms with E-state index in [1.165, 1.54) is 16.7 Å². The van der Waals surface area contributed by atoms with Crippen LogP contribution in [0, 0.1) is 11.8 Å². The highest BCUT2D eigenvalue weighted by Gasteiger charge is 2.55. The molecule has 1 aromatic rings. The first-order chi connectivity index (χ1) is 7.52. The van der Waals surface area contributed by atoms with Crippen molar-refractivity contribution in [3.63, 3.8) is 0 Å². The van der Waals surface area contributed by atoms with Gasteiger partial charge in [0.2, 0.25) is 0 Å². The minimum atomic E-state index is 0.207. The van der Waals surface area contributed by atoms with Gasteiger partial charge in [0.05, 0.1) is 0 Å². The first kappa shape index (κ1) is 10.1. The molecule has 1 heteroatoms. The van der Waals surface area contributed by atoms with Crippen LogP contribution in [-0.2, 0) is 16.6 Å². The van der Waals surface area contributed by atoms with E-state index in [-0.39, 0.29) is 5.41 Å². The average Bonchev–Trinajstić information content (AvgIpc) is 2.78. The molecule has 0 N–H and O–H groups in total. The van der Waals surface area contributed by atoms with Crippen LogP contribution in [0.3, 0.4) is 0 Å². The van der Waals surface area contributed by atoms with E-state index >= 15 is 0 Å². The third-order valence-electron chi connectivity index (χ3n) is 4.21. The molecule has 0 unspecified atom stereocenters. The zero-order valence-electron chi connectivity index (χ0n) is 10.2. The van der Waals surface area contributed by atoms with Gasteiger partial charge in [0, 0.05) is 5.92 Å². The van der Waals surface area contributed by atoms with Gasteiger partial charge in [0.15, 0.2) is 0 Å². The summed E-state index contributed by atoms with van der Waals surface area (Å²) >= 11 is 0. The molecule has 2 aliphatic carbocycles. The predicted molar refractivity (Wildman–Crippen MR) is 64.6 cm³/mol. The number of rotatable bonds is 1. The Hall–Kier alpha value is -1.11. The molecule has 0 bridgehead atoms. The molecule has 0 radical (unpaired) electrons. The Bertz CT molecular complexity index is 453. The quantitative estimate of drug-likeness (QED) is 0.657. The van der Waals surface area contributed by atoms with Crippen molar-refractivity contribution in [3.05, 3.63) is 34.9 Å². The summed E-state index contributed by atoms with van der Waals surface area (Å²) in [5.41, 5.74) is 4.53. The van der Waals surface area contributed by atoms with Gasteiger partial charge in [-0.15, -0.1) is 0 Å². The number of hydrogen-bond acceptors (Lipinski definition) is 1. The molecule has 1 aromatic carbocycles. The molecule has 1 nitrogen and oxygen atoms in total. The van der Waals surface area contributed by atoms with E-state index in [1.54, 1.807) is 0 Å². The van der Waals surface area contributed by atoms with Crippen molar-refractivity contribution >= 4 is 6.29 Å². The van der Waals surface area contributed by atoms with E-state index < -0.39 is 0 Å². The van der Waals surface area contributed by atoms with Crippen LogP contribution in [0.25, 0.3) is 0 Å². The van der Waals surface area contributed by atoms with Crippen molar-refractivity contribution in [2.75, 3.05) is 0 Å². The summed E-state index contributed by atoms with van der Waals surface area (Å²) in [6, 6.07) is 6.85. The molecule has 3 atom stereocenters. The first-order valence-corrected chi connectivity index (χ1v) is 6.11. The van der Waals surface area contributed by atoms with Gasteiger partial charge >= 0.3 is 0 Å². The van der Waals surface area contributed by atoms with Crippen LogP contribution in [0.5, 0.6) is 0 Å². The van der Waals surface area contributed by atoms with E-state index in [9.17, 15) is 4.79 Å². The minimum Gasteiger partial charge on any atom is -0.303 e. The van der Waals surface area contributed by atoms with Crippen molar-refractivity contribution in [3.8, 4) is 0 Å². The fourth-order valence-electron chi connectivity index (χ4n) is 3.10. The molecular weight excluding hydrogens is 196 g/mol. The standard InChI is InChI=1S/C15H18O/c1-15(2,3)10-5-4-9-6-12-13(8-16)14(12)11(9)7-10/h4-5,7-8,12-14H,6H2,1-3H3/t12-,13+,14-/m1/s1. The lowest BCUT2D eigenvalue weighted by Gasteiger charge is -2.20. The second-order valence-electron chi connectivity index (χ2n) is 6.27. The number of aldehydes is 1. The summed E-state index contributed by atoms with van der Waals surface area (Å²) in [6.45, 7) is 6.72. The van der Waals surface area contributed by atoms with Crippen LogP contribution in [0.2, 0.25) is 0 Å². The highest BCUT2D eigenvalue weighted by Crippen LogP contribution is 2.60. The third-order valence-corrected chi connectivity index (χ3v) is 4.21. The van der Waals surface area contributed by atoms with Crippen molar-refractivity contribution in [2.24, 2.45) is 11.8 Å². The third kappa shape index (κ3) is 1.27. The van der Waals surface area contributed by atoms with E-state index in [0.29, 0.717) is 17.8 Å². The van der Waals surface area contributed by atoms with E-state index in [4.69, 9.17) is 0 Å². The molecule has 0 saturated heterocycles. The van der Waals surface area contributed by atoms with E-state index in [1.807, 2.05) is 0 Å². The predicted octanol–water partition coefficient (Wildman–Crippen LogP) is 3.07. The molecule has 84 valence electrons. The highest BCUT2D eigenvalue weighted by molar-refractivity contribution is 5.66. The molecule has 1 saturated carbocycles. The van der Waals surface area contributed by atoms with Gasteiger partial charge in [0.1, 0.15) is 6.29 Å². The average molecular weight is 214 g/mol. The lowest BCUT2D eigenvalue weighted by Crippen LogP contribution is -2.11. The molecule has 16 heavy (non-hydrogen) atoms. The Morgan fingerprint density at radius 2 is 2.06 bits per heavy atom. The molecular formula is C15H18O. The zero-order valence-corrected chi connectivity index (χ0v) is 10.2. The summed E-state index contributed by atoms with van der Waals surface area (Å²) in [7, 11) is 0. The molecule has 0 heterocycles. The van der Waals surface area contributed by atoms with Crippen LogP contribution in [0.15, 0.2) is 18.2 Å². The first-order valence-electron chi connectivity index (χ1n) is 6.11. The van der Waals surface area contributed by atoms with Gasteiger partial charge in [-0.2, -0.15) is 0 Å². The van der Waals surface area contributed by atoms with Crippen molar-refractivity contribution < 1.29 is 4.79 Å². The molecule has 2 aliphatic rings. The molecule has 3 rings (SSSR count). The van der Waals surface area contributed by atoms with Gasteiger partial charge < -0.3 is 4.79 Å². The number of fused-ring (bicyclic) bond motifs is 3. The van der Waals surface area contributed by atoms with Crippen LogP contribution in [-0.4, -0.2) is 6.29 Å². The van der Waals surface area contributed by atoms with Gasteiger partial charge in [-0.3, -0.25) is 0 Å². The Morgan fingerprint density at radius 1 is 1.31 bits per heavy atom. The van der Waals surface area contributed by atoms with Crippen LogP contribution >= 0.6 is 0 Å². The number of carbonyl (C=O) groups is 1. The Kier molecular flexibility index (Phi) is 1.87. The molecule has 0 aliphatic heterocycles. The highest BCUT2D eigenvalue weighted by atomic mass is 16.1. The normalized spacial score (nSPS) is 30.8. The summed E-state index contributed by atoms with van der Waals surface area (Å²) in [6.07, 6.45) is 2.27.